The summed E-state index contributed by atoms with van der Waals surface area (Å²) in [6.07, 6.45) is 2.04. The van der Waals surface area contributed by atoms with Gasteiger partial charge in [0.25, 0.3) is 5.91 Å². The summed E-state index contributed by atoms with van der Waals surface area (Å²) in [4.78, 5) is 16.4. The van der Waals surface area contributed by atoms with Gasteiger partial charge in [0.05, 0.1) is 12.6 Å². The number of hydrogen-bond acceptors (Lipinski definition) is 2. The van der Waals surface area contributed by atoms with Gasteiger partial charge in [-0.3, -0.25) is 4.79 Å². The number of hydrogen-bond donors (Lipinski definition) is 1. The molecule has 0 aliphatic carbocycles. The van der Waals surface area contributed by atoms with Crippen LogP contribution in [0.25, 0.3) is 0 Å². The van der Waals surface area contributed by atoms with E-state index in [2.05, 4.69) is 4.98 Å². The van der Waals surface area contributed by atoms with E-state index in [-0.39, 0.29) is 11.9 Å². The molecule has 1 saturated heterocycles. The van der Waals surface area contributed by atoms with Crippen molar-refractivity contribution < 1.29 is 13.9 Å². The molecule has 1 fully saturated rings. The van der Waals surface area contributed by atoms with Crippen molar-refractivity contribution in [2.24, 2.45) is 0 Å². The van der Waals surface area contributed by atoms with Crippen molar-refractivity contribution in [1.82, 2.24) is 9.88 Å². The quantitative estimate of drug-likeness (QED) is 0.846. The van der Waals surface area contributed by atoms with Gasteiger partial charge in [-0.1, -0.05) is 0 Å². The molecule has 5 heteroatoms. The number of aromatic nitrogens is 1. The zero-order valence-corrected chi connectivity index (χ0v) is 9.20. The van der Waals surface area contributed by atoms with E-state index in [1.54, 1.807) is 4.90 Å². The molecule has 4 nitrogen and oxygen atoms in total. The van der Waals surface area contributed by atoms with Gasteiger partial charge < -0.3 is 14.6 Å². The number of nitrogens with zero attached hydrogens (tertiary/aromatic N) is 1. The van der Waals surface area contributed by atoms with Gasteiger partial charge in [-0.15, -0.1) is 0 Å². The van der Waals surface area contributed by atoms with Crippen LogP contribution in [0.2, 0.25) is 0 Å². The summed E-state index contributed by atoms with van der Waals surface area (Å²) >= 11 is 0. The second kappa shape index (κ2) is 4.65. The average molecular weight is 226 g/mol. The van der Waals surface area contributed by atoms with Gasteiger partial charge in [0.2, 0.25) is 0 Å². The number of halogens is 1. The molecule has 2 rings (SSSR count). The molecule has 1 atom stereocenters. The number of H-pyrrole nitrogens is 1. The van der Waals surface area contributed by atoms with Crippen molar-refractivity contribution in [2.45, 2.75) is 19.4 Å². The number of carbonyl (C=O) groups excluding carboxylic acids is 1. The van der Waals surface area contributed by atoms with Crippen molar-refractivity contribution in [2.75, 3.05) is 19.8 Å². The fourth-order valence-electron chi connectivity index (χ4n) is 1.98. The van der Waals surface area contributed by atoms with Gasteiger partial charge in [-0.05, 0) is 13.3 Å². The van der Waals surface area contributed by atoms with Gasteiger partial charge in [-0.2, -0.15) is 0 Å². The lowest BCUT2D eigenvalue weighted by Gasteiger charge is -2.25. The van der Waals surface area contributed by atoms with Crippen molar-refractivity contribution in [3.8, 4) is 0 Å². The second-order valence-corrected chi connectivity index (χ2v) is 3.84. The summed E-state index contributed by atoms with van der Waals surface area (Å²) in [6.45, 7) is 3.78. The van der Waals surface area contributed by atoms with E-state index in [1.807, 2.05) is 6.92 Å². The van der Waals surface area contributed by atoms with Crippen LogP contribution in [0.15, 0.2) is 12.3 Å². The minimum atomic E-state index is -0.415. The zero-order chi connectivity index (χ0) is 11.5. The molecule has 0 bridgehead atoms. The van der Waals surface area contributed by atoms with Crippen LogP contribution in [0.4, 0.5) is 4.39 Å². The third-order valence-electron chi connectivity index (χ3n) is 2.83. The Hall–Kier alpha value is -1.36. The Kier molecular flexibility index (Phi) is 3.24. The van der Waals surface area contributed by atoms with E-state index >= 15 is 0 Å². The highest BCUT2D eigenvalue weighted by atomic mass is 19.1. The molecule has 0 radical (unpaired) electrons. The molecular formula is C11H15FN2O2. The highest BCUT2D eigenvalue weighted by Crippen LogP contribution is 2.15. The normalized spacial score (nSPS) is 20.0. The van der Waals surface area contributed by atoms with E-state index in [1.165, 1.54) is 12.3 Å². The number of aromatic amines is 1. The molecular weight excluding hydrogens is 211 g/mol. The van der Waals surface area contributed by atoms with Gasteiger partial charge in [0.1, 0.15) is 11.5 Å². The Morgan fingerprint density at radius 3 is 3.06 bits per heavy atom. The molecule has 0 spiro atoms. The summed E-state index contributed by atoms with van der Waals surface area (Å²) in [5.41, 5.74) is 0.297. The summed E-state index contributed by atoms with van der Waals surface area (Å²) in [5, 5.41) is 0. The van der Waals surface area contributed by atoms with E-state index in [9.17, 15) is 9.18 Å². The predicted octanol–water partition coefficient (Wildman–Crippen LogP) is 1.40. The first-order chi connectivity index (χ1) is 7.72. The van der Waals surface area contributed by atoms with Gasteiger partial charge in [0.15, 0.2) is 0 Å². The van der Waals surface area contributed by atoms with E-state index < -0.39 is 5.82 Å². The molecule has 1 aromatic heterocycles. The molecule has 1 amide bonds. The first-order valence-electron chi connectivity index (χ1n) is 5.45. The summed E-state index contributed by atoms with van der Waals surface area (Å²) in [6, 6.07) is 1.34. The molecule has 1 aromatic rings. The maximum atomic E-state index is 12.8. The van der Waals surface area contributed by atoms with Crippen molar-refractivity contribution in [3.63, 3.8) is 0 Å². The molecule has 1 aliphatic heterocycles. The van der Waals surface area contributed by atoms with Gasteiger partial charge in [-0.25, -0.2) is 4.39 Å². The number of likely N-dealkylation sites (N-methyl/N-ethyl adjacent to an activating group) is 1. The molecule has 0 saturated carbocycles. The standard InChI is InChI=1S/C11H15FN2O2/c1-2-14(9-3-4-16-7-9)11(15)10-5-8(12)6-13-10/h5-6,9,13H,2-4,7H2,1H3. The molecule has 0 aromatic carbocycles. The first kappa shape index (κ1) is 11.1. The zero-order valence-electron chi connectivity index (χ0n) is 9.20. The van der Waals surface area contributed by atoms with E-state index in [4.69, 9.17) is 4.74 Å². The fraction of sp³-hybridized carbons (Fsp3) is 0.545. The van der Waals surface area contributed by atoms with Gasteiger partial charge in [0, 0.05) is 25.4 Å². The molecule has 16 heavy (non-hydrogen) atoms. The summed E-state index contributed by atoms with van der Waals surface area (Å²) in [5.74, 6) is -0.580. The fourth-order valence-corrected chi connectivity index (χ4v) is 1.98. The lowest BCUT2D eigenvalue weighted by Crippen LogP contribution is -2.40. The molecule has 88 valence electrons. The molecule has 1 aliphatic rings. The highest BCUT2D eigenvalue weighted by Gasteiger charge is 2.27. The Morgan fingerprint density at radius 2 is 2.56 bits per heavy atom. The van der Waals surface area contributed by atoms with Crippen LogP contribution in [-0.2, 0) is 4.74 Å². The Balaban J connectivity index is 2.11. The van der Waals surface area contributed by atoms with Crippen molar-refractivity contribution in [3.05, 3.63) is 23.8 Å². The lowest BCUT2D eigenvalue weighted by molar-refractivity contribution is 0.0661. The first-order valence-corrected chi connectivity index (χ1v) is 5.45. The Labute approximate surface area is 93.4 Å². The highest BCUT2D eigenvalue weighted by molar-refractivity contribution is 5.92. The van der Waals surface area contributed by atoms with Crippen LogP contribution in [0, 0.1) is 5.82 Å². The average Bonchev–Trinajstić information content (AvgIpc) is 2.90. The van der Waals surface area contributed by atoms with Crippen LogP contribution in [0.1, 0.15) is 23.8 Å². The van der Waals surface area contributed by atoms with Crippen LogP contribution in [0.3, 0.4) is 0 Å². The maximum Gasteiger partial charge on any atom is 0.270 e. The number of carbonyl (C=O) groups is 1. The SMILES string of the molecule is CCN(C(=O)c1cc(F)c[nH]1)C1CCOC1. The summed E-state index contributed by atoms with van der Waals surface area (Å²) < 4.78 is 18.1. The van der Waals surface area contributed by atoms with Crippen LogP contribution in [0.5, 0.6) is 0 Å². The molecule has 1 unspecified atom stereocenters. The number of amides is 1. The van der Waals surface area contributed by atoms with Crippen molar-refractivity contribution in [1.29, 1.82) is 0 Å². The smallest absolute Gasteiger partial charge is 0.270 e. The molecule has 1 N–H and O–H groups in total. The van der Waals surface area contributed by atoms with Crippen LogP contribution < -0.4 is 0 Å². The lowest BCUT2D eigenvalue weighted by atomic mass is 10.2. The Bertz CT molecular complexity index is 372. The minimum Gasteiger partial charge on any atom is -0.379 e. The minimum absolute atomic E-state index is 0.115. The van der Waals surface area contributed by atoms with Crippen LogP contribution in [-0.4, -0.2) is 41.6 Å². The van der Waals surface area contributed by atoms with Crippen molar-refractivity contribution >= 4 is 5.91 Å². The van der Waals surface area contributed by atoms with E-state index in [0.717, 1.165) is 6.42 Å². The monoisotopic (exact) mass is 226 g/mol. The van der Waals surface area contributed by atoms with Gasteiger partial charge >= 0.3 is 0 Å². The topological polar surface area (TPSA) is 45.3 Å². The maximum absolute atomic E-state index is 12.8. The largest absolute Gasteiger partial charge is 0.379 e. The predicted molar refractivity (Wildman–Crippen MR) is 56.7 cm³/mol. The number of rotatable bonds is 3. The molecule has 2 heterocycles. The number of ether oxygens (including phenoxy) is 1. The van der Waals surface area contributed by atoms with Crippen LogP contribution >= 0.6 is 0 Å². The summed E-state index contributed by atoms with van der Waals surface area (Å²) in [7, 11) is 0. The van der Waals surface area contributed by atoms with E-state index in [0.29, 0.717) is 25.5 Å². The second-order valence-electron chi connectivity index (χ2n) is 3.84. The third kappa shape index (κ3) is 2.09. The Morgan fingerprint density at radius 1 is 1.75 bits per heavy atom. The third-order valence-corrected chi connectivity index (χ3v) is 2.83. The number of nitrogens with one attached hydrogen (secondary N) is 1.